The van der Waals surface area contributed by atoms with Crippen LogP contribution in [0.1, 0.15) is 28.7 Å². The van der Waals surface area contributed by atoms with Crippen molar-refractivity contribution < 1.29 is 8.42 Å². The van der Waals surface area contributed by atoms with E-state index in [1.54, 1.807) is 0 Å². The third-order valence-corrected chi connectivity index (χ3v) is 5.74. The molecule has 5 heteroatoms. The van der Waals surface area contributed by atoms with Crippen LogP contribution in [0.2, 0.25) is 0 Å². The van der Waals surface area contributed by atoms with Gasteiger partial charge >= 0.3 is 0 Å². The maximum Gasteiger partial charge on any atom is 0.241 e. The van der Waals surface area contributed by atoms with Crippen molar-refractivity contribution in [3.8, 4) is 0 Å². The minimum absolute atomic E-state index is 0.00428. The zero-order chi connectivity index (χ0) is 14.2. The zero-order valence-corrected chi connectivity index (χ0v) is 12.8. The summed E-state index contributed by atoms with van der Waals surface area (Å²) < 4.78 is 28.0. The molecule has 1 saturated heterocycles. The first-order chi connectivity index (χ1) is 8.83. The predicted molar refractivity (Wildman–Crippen MR) is 77.0 cm³/mol. The lowest BCUT2D eigenvalue weighted by Crippen LogP contribution is -2.37. The Morgan fingerprint density at radius 2 is 1.74 bits per heavy atom. The molecule has 0 aliphatic carbocycles. The van der Waals surface area contributed by atoms with Crippen LogP contribution in [0.15, 0.2) is 11.0 Å². The van der Waals surface area contributed by atoms with Gasteiger partial charge in [0.1, 0.15) is 0 Å². The van der Waals surface area contributed by atoms with Gasteiger partial charge in [-0.1, -0.05) is 6.07 Å². The highest BCUT2D eigenvalue weighted by atomic mass is 32.2. The van der Waals surface area contributed by atoms with Gasteiger partial charge in [-0.15, -0.1) is 0 Å². The Kier molecular flexibility index (Phi) is 3.99. The average molecular weight is 282 g/mol. The molecule has 2 N–H and O–H groups in total. The van der Waals surface area contributed by atoms with Gasteiger partial charge in [0.25, 0.3) is 0 Å². The lowest BCUT2D eigenvalue weighted by molar-refractivity contribution is 0.558. The van der Waals surface area contributed by atoms with Crippen molar-refractivity contribution in [2.75, 3.05) is 13.1 Å². The van der Waals surface area contributed by atoms with E-state index in [9.17, 15) is 8.42 Å². The molecule has 1 aromatic carbocycles. The number of benzene rings is 1. The molecule has 1 atom stereocenters. The quantitative estimate of drug-likeness (QED) is 0.884. The lowest BCUT2D eigenvalue weighted by Gasteiger charge is -2.18. The fraction of sp³-hybridized carbons (Fsp3) is 0.571. The second kappa shape index (κ2) is 5.23. The normalized spacial score (nSPS) is 19.9. The van der Waals surface area contributed by atoms with Gasteiger partial charge in [-0.25, -0.2) is 13.1 Å². The molecular formula is C14H22N2O2S. The Labute approximate surface area is 115 Å². The van der Waals surface area contributed by atoms with Gasteiger partial charge < -0.3 is 5.32 Å². The zero-order valence-electron chi connectivity index (χ0n) is 12.0. The fourth-order valence-corrected chi connectivity index (χ4v) is 4.50. The summed E-state index contributed by atoms with van der Waals surface area (Å²) in [4.78, 5) is 0.455. The van der Waals surface area contributed by atoms with Gasteiger partial charge in [0.05, 0.1) is 4.90 Å². The van der Waals surface area contributed by atoms with E-state index < -0.39 is 10.0 Å². The van der Waals surface area contributed by atoms with Crippen LogP contribution in [-0.2, 0) is 10.0 Å². The summed E-state index contributed by atoms with van der Waals surface area (Å²) >= 11 is 0. The Morgan fingerprint density at radius 3 is 2.21 bits per heavy atom. The largest absolute Gasteiger partial charge is 0.315 e. The Bertz CT molecular complexity index is 562. The molecule has 0 radical (unpaired) electrons. The standard InChI is InChI=1S/C14H22N2O2S/c1-9-7-10(2)12(4)14(11(9)3)19(17,18)16-13-5-6-15-8-13/h7,13,15-16H,5-6,8H2,1-4H3/t13-/m1/s1. The molecule has 1 aromatic rings. The van der Waals surface area contributed by atoms with Crippen LogP contribution >= 0.6 is 0 Å². The number of rotatable bonds is 3. The molecule has 1 heterocycles. The molecule has 0 spiro atoms. The van der Waals surface area contributed by atoms with Crippen LogP contribution in [0.25, 0.3) is 0 Å². The van der Waals surface area contributed by atoms with Crippen molar-refractivity contribution in [1.82, 2.24) is 10.0 Å². The monoisotopic (exact) mass is 282 g/mol. The first-order valence-corrected chi connectivity index (χ1v) is 8.11. The molecule has 19 heavy (non-hydrogen) atoms. The van der Waals surface area contributed by atoms with Crippen molar-refractivity contribution in [3.05, 3.63) is 28.3 Å². The molecule has 0 amide bonds. The van der Waals surface area contributed by atoms with E-state index in [2.05, 4.69) is 10.0 Å². The highest BCUT2D eigenvalue weighted by Crippen LogP contribution is 2.26. The maximum absolute atomic E-state index is 12.6. The predicted octanol–water partition coefficient (Wildman–Crippen LogP) is 1.56. The molecule has 2 rings (SSSR count). The van der Waals surface area contributed by atoms with Crippen molar-refractivity contribution in [2.24, 2.45) is 0 Å². The summed E-state index contributed by atoms with van der Waals surface area (Å²) in [6, 6.07) is 2.05. The number of hydrogen-bond donors (Lipinski definition) is 2. The highest BCUT2D eigenvalue weighted by Gasteiger charge is 2.26. The van der Waals surface area contributed by atoms with E-state index in [0.29, 0.717) is 11.4 Å². The first kappa shape index (κ1) is 14.5. The molecule has 1 fully saturated rings. The van der Waals surface area contributed by atoms with Crippen LogP contribution in [-0.4, -0.2) is 27.5 Å². The van der Waals surface area contributed by atoms with Crippen LogP contribution in [0.5, 0.6) is 0 Å². The van der Waals surface area contributed by atoms with Gasteiger partial charge in [0, 0.05) is 12.6 Å². The van der Waals surface area contributed by atoms with E-state index in [0.717, 1.165) is 35.2 Å². The van der Waals surface area contributed by atoms with Crippen molar-refractivity contribution in [1.29, 1.82) is 0 Å². The molecule has 0 unspecified atom stereocenters. The van der Waals surface area contributed by atoms with Crippen molar-refractivity contribution >= 4 is 10.0 Å². The molecular weight excluding hydrogens is 260 g/mol. The van der Waals surface area contributed by atoms with Crippen LogP contribution < -0.4 is 10.0 Å². The minimum atomic E-state index is -3.44. The summed E-state index contributed by atoms with van der Waals surface area (Å²) in [5.41, 5.74) is 3.74. The second-order valence-corrected chi connectivity index (χ2v) is 7.05. The van der Waals surface area contributed by atoms with Crippen molar-refractivity contribution in [3.63, 3.8) is 0 Å². The fourth-order valence-electron chi connectivity index (χ4n) is 2.62. The van der Waals surface area contributed by atoms with Crippen LogP contribution in [0.4, 0.5) is 0 Å². The van der Waals surface area contributed by atoms with Gasteiger partial charge in [-0.05, 0) is 62.9 Å². The topological polar surface area (TPSA) is 58.2 Å². The number of hydrogen-bond acceptors (Lipinski definition) is 3. The smallest absolute Gasteiger partial charge is 0.241 e. The van der Waals surface area contributed by atoms with Gasteiger partial charge in [-0.2, -0.15) is 0 Å². The third kappa shape index (κ3) is 2.83. The third-order valence-electron chi connectivity index (χ3n) is 3.95. The number of nitrogens with one attached hydrogen (secondary N) is 2. The summed E-state index contributed by atoms with van der Waals surface area (Å²) in [5, 5.41) is 3.17. The SMILES string of the molecule is Cc1cc(C)c(C)c(S(=O)(=O)N[C@@H]2CCNC2)c1C. The molecule has 0 aromatic heterocycles. The van der Waals surface area contributed by atoms with Gasteiger partial charge in [-0.3, -0.25) is 0 Å². The highest BCUT2D eigenvalue weighted by molar-refractivity contribution is 7.89. The summed E-state index contributed by atoms with van der Waals surface area (Å²) in [6.45, 7) is 9.25. The van der Waals surface area contributed by atoms with E-state index in [1.165, 1.54) is 0 Å². The van der Waals surface area contributed by atoms with Gasteiger partial charge in [0.15, 0.2) is 0 Å². The van der Waals surface area contributed by atoms with E-state index in [1.807, 2.05) is 33.8 Å². The molecule has 1 aliphatic heterocycles. The van der Waals surface area contributed by atoms with Crippen LogP contribution in [0, 0.1) is 27.7 Å². The average Bonchev–Trinajstić information content (AvgIpc) is 2.78. The maximum atomic E-state index is 12.6. The molecule has 1 aliphatic rings. The first-order valence-electron chi connectivity index (χ1n) is 6.63. The number of sulfonamides is 1. The van der Waals surface area contributed by atoms with E-state index in [-0.39, 0.29) is 6.04 Å². The van der Waals surface area contributed by atoms with Gasteiger partial charge in [0.2, 0.25) is 10.0 Å². The molecule has 0 saturated carbocycles. The molecule has 4 nitrogen and oxygen atoms in total. The molecule has 0 bridgehead atoms. The summed E-state index contributed by atoms with van der Waals surface area (Å²) in [7, 11) is -3.44. The van der Waals surface area contributed by atoms with Crippen molar-refractivity contribution in [2.45, 2.75) is 45.1 Å². The summed E-state index contributed by atoms with van der Waals surface area (Å²) in [6.07, 6.45) is 0.849. The van der Waals surface area contributed by atoms with E-state index >= 15 is 0 Å². The second-order valence-electron chi connectivity index (χ2n) is 5.40. The lowest BCUT2D eigenvalue weighted by atomic mass is 10.0. The van der Waals surface area contributed by atoms with Crippen LogP contribution in [0.3, 0.4) is 0 Å². The Balaban J connectivity index is 2.45. The molecule has 106 valence electrons. The Hall–Kier alpha value is -0.910. The number of aryl methyl sites for hydroxylation is 2. The minimum Gasteiger partial charge on any atom is -0.315 e. The van der Waals surface area contributed by atoms with E-state index in [4.69, 9.17) is 0 Å². The Morgan fingerprint density at radius 1 is 1.16 bits per heavy atom. The summed E-state index contributed by atoms with van der Waals surface area (Å²) in [5.74, 6) is 0.